The van der Waals surface area contributed by atoms with Crippen molar-refractivity contribution in [2.45, 2.75) is 69.4 Å². The van der Waals surface area contributed by atoms with Crippen molar-refractivity contribution >= 4 is 51.1 Å². The largest absolute Gasteiger partial charge is 0.443 e. The number of amidine groups is 1. The first-order valence-corrected chi connectivity index (χ1v) is 16.3. The van der Waals surface area contributed by atoms with Gasteiger partial charge in [0.05, 0.1) is 23.1 Å². The van der Waals surface area contributed by atoms with Gasteiger partial charge in [0.1, 0.15) is 16.3 Å². The SMILES string of the molecule is CN(CCc1ccc(C2=NCCN2C(=O)OC(C)(C)C)cc1)C(=O)CCCN(C1CC1)S(=O)(=O)c1cccc(Cl)c1Cl. The van der Waals surface area contributed by atoms with Crippen molar-refractivity contribution in [2.75, 3.05) is 33.2 Å². The summed E-state index contributed by atoms with van der Waals surface area (Å²) in [7, 11) is -2.07. The fraction of sp³-hybridized carbons (Fsp3) is 0.500. The first-order chi connectivity index (χ1) is 19.8. The van der Waals surface area contributed by atoms with Gasteiger partial charge in [-0.2, -0.15) is 4.31 Å². The summed E-state index contributed by atoms with van der Waals surface area (Å²) < 4.78 is 33.6. The number of carbonyl (C=O) groups is 2. The van der Waals surface area contributed by atoms with Crippen LogP contribution in [0, 0.1) is 0 Å². The maximum atomic E-state index is 13.3. The Morgan fingerprint density at radius 3 is 2.40 bits per heavy atom. The summed E-state index contributed by atoms with van der Waals surface area (Å²) in [5.74, 6) is 0.553. The number of likely N-dealkylation sites (N-methyl/N-ethyl adjacent to an activating group) is 1. The van der Waals surface area contributed by atoms with E-state index in [0.29, 0.717) is 38.3 Å². The minimum absolute atomic E-state index is 0.00409. The van der Waals surface area contributed by atoms with Crippen LogP contribution in [0.1, 0.15) is 57.6 Å². The molecule has 0 aromatic heterocycles. The van der Waals surface area contributed by atoms with Crippen molar-refractivity contribution in [1.82, 2.24) is 14.1 Å². The Balaban J connectivity index is 1.27. The number of hydrogen-bond donors (Lipinski definition) is 0. The number of benzene rings is 2. The summed E-state index contributed by atoms with van der Waals surface area (Å²) in [6, 6.07) is 12.3. The Morgan fingerprint density at radius 1 is 1.07 bits per heavy atom. The summed E-state index contributed by atoms with van der Waals surface area (Å²) in [5.41, 5.74) is 1.29. The van der Waals surface area contributed by atoms with Gasteiger partial charge in [0, 0.05) is 38.2 Å². The molecule has 9 nitrogen and oxygen atoms in total. The van der Waals surface area contributed by atoms with Crippen LogP contribution in [0.25, 0.3) is 0 Å². The maximum absolute atomic E-state index is 13.3. The molecule has 0 spiro atoms. The number of hydrogen-bond acceptors (Lipinski definition) is 6. The molecule has 2 amide bonds. The summed E-state index contributed by atoms with van der Waals surface area (Å²) in [6.45, 7) is 7.27. The molecule has 1 aliphatic carbocycles. The lowest BCUT2D eigenvalue weighted by Gasteiger charge is -2.25. The second-order valence-corrected chi connectivity index (χ2v) is 14.2. The van der Waals surface area contributed by atoms with Gasteiger partial charge in [0.2, 0.25) is 15.9 Å². The fourth-order valence-corrected chi connectivity index (χ4v) is 7.14. The number of halogens is 2. The predicted octanol–water partition coefficient (Wildman–Crippen LogP) is 5.63. The number of carbonyl (C=O) groups excluding carboxylic acids is 2. The highest BCUT2D eigenvalue weighted by atomic mass is 35.5. The zero-order valence-electron chi connectivity index (χ0n) is 24.5. The van der Waals surface area contributed by atoms with Crippen LogP contribution in [0.2, 0.25) is 10.0 Å². The molecule has 0 unspecified atom stereocenters. The third kappa shape index (κ3) is 8.03. The number of rotatable bonds is 11. The summed E-state index contributed by atoms with van der Waals surface area (Å²) in [5, 5.41) is 0.209. The van der Waals surface area contributed by atoms with Gasteiger partial charge in [-0.15, -0.1) is 0 Å². The van der Waals surface area contributed by atoms with Crippen molar-refractivity contribution in [3.8, 4) is 0 Å². The Labute approximate surface area is 258 Å². The van der Waals surface area contributed by atoms with Crippen LogP contribution in [0.4, 0.5) is 4.79 Å². The molecule has 0 atom stereocenters. The fourth-order valence-electron chi connectivity index (χ4n) is 4.68. The topological polar surface area (TPSA) is 99.6 Å². The third-order valence-electron chi connectivity index (χ3n) is 7.05. The van der Waals surface area contributed by atoms with Crippen LogP contribution in [0.3, 0.4) is 0 Å². The van der Waals surface area contributed by atoms with Gasteiger partial charge >= 0.3 is 6.09 Å². The highest BCUT2D eigenvalue weighted by molar-refractivity contribution is 7.89. The number of nitrogens with zero attached hydrogens (tertiary/aromatic N) is 4. The molecule has 0 radical (unpaired) electrons. The van der Waals surface area contributed by atoms with E-state index in [0.717, 1.165) is 24.0 Å². The molecule has 2 aromatic carbocycles. The van der Waals surface area contributed by atoms with E-state index >= 15 is 0 Å². The average Bonchev–Trinajstić information content (AvgIpc) is 3.64. The number of ether oxygens (including phenoxy) is 1. The van der Waals surface area contributed by atoms with Gasteiger partial charge in [-0.05, 0) is 64.2 Å². The summed E-state index contributed by atoms with van der Waals surface area (Å²) in [4.78, 5) is 33.1. The van der Waals surface area contributed by atoms with Gasteiger partial charge in [-0.25, -0.2) is 13.2 Å². The molecule has 2 aliphatic rings. The lowest BCUT2D eigenvalue weighted by Crippen LogP contribution is -2.39. The Hall–Kier alpha value is -2.66. The lowest BCUT2D eigenvalue weighted by atomic mass is 10.1. The van der Waals surface area contributed by atoms with Crippen molar-refractivity contribution in [3.63, 3.8) is 0 Å². The van der Waals surface area contributed by atoms with Crippen molar-refractivity contribution in [1.29, 1.82) is 0 Å². The van der Waals surface area contributed by atoms with E-state index in [2.05, 4.69) is 4.99 Å². The average molecular weight is 638 g/mol. The van der Waals surface area contributed by atoms with E-state index in [9.17, 15) is 18.0 Å². The van der Waals surface area contributed by atoms with Crippen LogP contribution >= 0.6 is 23.2 Å². The summed E-state index contributed by atoms with van der Waals surface area (Å²) >= 11 is 12.3. The summed E-state index contributed by atoms with van der Waals surface area (Å²) in [6.07, 6.45) is 2.46. The number of aliphatic imine (C=N–C) groups is 1. The molecule has 4 rings (SSSR count). The van der Waals surface area contributed by atoms with E-state index in [4.69, 9.17) is 27.9 Å². The second-order valence-electron chi connectivity index (χ2n) is 11.6. The van der Waals surface area contributed by atoms with E-state index < -0.39 is 21.7 Å². The molecule has 42 heavy (non-hydrogen) atoms. The molecule has 2 aromatic rings. The molecule has 1 aliphatic heterocycles. The first kappa shape index (κ1) is 32.3. The molecule has 12 heteroatoms. The zero-order valence-corrected chi connectivity index (χ0v) is 26.8. The number of sulfonamides is 1. The molecular formula is C30H38Cl2N4O5S. The van der Waals surface area contributed by atoms with Crippen LogP contribution in [-0.2, 0) is 26.0 Å². The smallest absolute Gasteiger partial charge is 0.416 e. The molecule has 0 N–H and O–H groups in total. The minimum atomic E-state index is -3.83. The van der Waals surface area contributed by atoms with Gasteiger partial charge in [-0.1, -0.05) is 53.5 Å². The van der Waals surface area contributed by atoms with Gasteiger partial charge < -0.3 is 9.64 Å². The van der Waals surface area contributed by atoms with Crippen molar-refractivity contribution in [2.24, 2.45) is 4.99 Å². The van der Waals surface area contributed by atoms with E-state index in [1.54, 1.807) is 29.0 Å². The molecule has 1 fully saturated rings. The normalized spacial score (nSPS) is 15.6. The number of amides is 2. The van der Waals surface area contributed by atoms with Gasteiger partial charge in [-0.3, -0.25) is 14.7 Å². The predicted molar refractivity (Wildman–Crippen MR) is 165 cm³/mol. The molecule has 1 saturated carbocycles. The quantitative estimate of drug-likeness (QED) is 0.318. The van der Waals surface area contributed by atoms with Gasteiger partial charge in [0.15, 0.2) is 0 Å². The Kier molecular flexibility index (Phi) is 10.2. The van der Waals surface area contributed by atoms with Crippen LogP contribution in [0.5, 0.6) is 0 Å². The molecule has 0 bridgehead atoms. The zero-order chi connectivity index (χ0) is 30.7. The van der Waals surface area contributed by atoms with Crippen LogP contribution < -0.4 is 0 Å². The van der Waals surface area contributed by atoms with Crippen LogP contribution in [0.15, 0.2) is 52.4 Å². The third-order valence-corrected chi connectivity index (χ3v) is 9.98. The highest BCUT2D eigenvalue weighted by Gasteiger charge is 2.39. The maximum Gasteiger partial charge on any atom is 0.416 e. The lowest BCUT2D eigenvalue weighted by molar-refractivity contribution is -0.130. The van der Waals surface area contributed by atoms with Crippen molar-refractivity contribution < 1.29 is 22.7 Å². The van der Waals surface area contributed by atoms with Crippen LogP contribution in [-0.4, -0.2) is 85.2 Å². The Bertz CT molecular complexity index is 1440. The van der Waals surface area contributed by atoms with E-state index in [-0.39, 0.29) is 39.9 Å². The van der Waals surface area contributed by atoms with E-state index in [1.165, 1.54) is 10.4 Å². The molecular weight excluding hydrogens is 599 g/mol. The molecule has 1 heterocycles. The highest BCUT2D eigenvalue weighted by Crippen LogP contribution is 2.36. The standard InChI is InChI=1S/C30H38Cl2N4O5S/c1-30(2,3)41-29(38)35-20-17-33-28(35)22-12-10-21(11-13-22)16-19-34(4)26(37)9-6-18-36(23-14-15-23)42(39,40)25-8-5-7-24(31)27(25)32/h5,7-8,10-13,23H,6,9,14-20H2,1-4H3. The monoisotopic (exact) mass is 636 g/mol. The second kappa shape index (κ2) is 13.3. The minimum Gasteiger partial charge on any atom is -0.443 e. The molecule has 0 saturated heterocycles. The van der Waals surface area contributed by atoms with Crippen molar-refractivity contribution in [3.05, 3.63) is 63.6 Å². The van der Waals surface area contributed by atoms with Gasteiger partial charge in [0.25, 0.3) is 0 Å². The Morgan fingerprint density at radius 2 is 1.76 bits per heavy atom. The van der Waals surface area contributed by atoms with E-state index in [1.807, 2.05) is 45.0 Å². The first-order valence-electron chi connectivity index (χ1n) is 14.1. The molecule has 228 valence electrons.